The van der Waals surface area contributed by atoms with Crippen molar-refractivity contribution in [2.45, 2.75) is 0 Å². The molecule has 0 aliphatic rings. The van der Waals surface area contributed by atoms with Crippen molar-refractivity contribution in [3.05, 3.63) is 237 Å². The molecular weight excluding hydrogens is 799 g/mol. The van der Waals surface area contributed by atoms with Crippen LogP contribution in [0.3, 0.4) is 0 Å². The fourth-order valence-electron chi connectivity index (χ4n) is 11.3. The normalized spacial score (nSPS) is 11.9. The first-order valence-corrected chi connectivity index (χ1v) is 22.8. The molecule has 14 aromatic rings. The fourth-order valence-corrected chi connectivity index (χ4v) is 11.3. The summed E-state index contributed by atoms with van der Waals surface area (Å²) in [5.74, 6) is 0. The third-order valence-electron chi connectivity index (χ3n) is 14.0. The van der Waals surface area contributed by atoms with Crippen LogP contribution >= 0.6 is 0 Å². The van der Waals surface area contributed by atoms with Crippen LogP contribution in [-0.4, -0.2) is 4.57 Å². The molecule has 0 fully saturated rings. The van der Waals surface area contributed by atoms with Crippen LogP contribution in [0.1, 0.15) is 0 Å². The molecule has 0 atom stereocenters. The van der Waals surface area contributed by atoms with E-state index in [2.05, 4.69) is 241 Å². The molecule has 0 amide bonds. The zero-order valence-corrected chi connectivity index (χ0v) is 35.9. The van der Waals surface area contributed by atoms with Crippen LogP contribution in [0.25, 0.3) is 137 Å². The number of para-hydroxylation sites is 2. The molecule has 2 heteroatoms. The van der Waals surface area contributed by atoms with Crippen LogP contribution in [0.5, 0.6) is 0 Å². The van der Waals surface area contributed by atoms with E-state index in [1.54, 1.807) is 0 Å². The topological polar surface area (TPSA) is 18.1 Å². The number of fused-ring (bicyclic) bond motifs is 10. The van der Waals surface area contributed by atoms with Crippen molar-refractivity contribution in [3.63, 3.8) is 0 Å². The molecule has 0 saturated heterocycles. The van der Waals surface area contributed by atoms with Crippen LogP contribution in [0.2, 0.25) is 0 Å². The van der Waals surface area contributed by atoms with Gasteiger partial charge in [-0.2, -0.15) is 0 Å². The molecule has 0 aliphatic heterocycles. The highest BCUT2D eigenvalue weighted by Crippen LogP contribution is 2.49. The fraction of sp³-hybridized carbons (Fsp3) is 0. The first-order valence-electron chi connectivity index (χ1n) is 22.8. The number of aromatic nitrogens is 1. The Balaban J connectivity index is 0.977. The second-order valence-electron chi connectivity index (χ2n) is 17.5. The Hall–Kier alpha value is -8.72. The van der Waals surface area contributed by atoms with Crippen molar-refractivity contribution in [1.29, 1.82) is 0 Å². The molecule has 2 nitrogen and oxygen atoms in total. The van der Waals surface area contributed by atoms with Crippen LogP contribution in [0.4, 0.5) is 0 Å². The lowest BCUT2D eigenvalue weighted by atomic mass is 9.84. The van der Waals surface area contributed by atoms with Crippen molar-refractivity contribution in [2.24, 2.45) is 0 Å². The summed E-state index contributed by atoms with van der Waals surface area (Å²) in [7, 11) is 0. The van der Waals surface area contributed by atoms with Gasteiger partial charge in [0, 0.05) is 27.2 Å². The van der Waals surface area contributed by atoms with Gasteiger partial charge in [0.25, 0.3) is 0 Å². The maximum absolute atomic E-state index is 6.76. The molecule has 0 radical (unpaired) electrons. The number of rotatable bonds is 5. The Morgan fingerprint density at radius 2 is 0.667 bits per heavy atom. The molecular formula is C64H39NO. The van der Waals surface area contributed by atoms with Gasteiger partial charge >= 0.3 is 0 Å². The lowest BCUT2D eigenvalue weighted by molar-refractivity contribution is 0.669. The van der Waals surface area contributed by atoms with Gasteiger partial charge < -0.3 is 8.98 Å². The van der Waals surface area contributed by atoms with Crippen molar-refractivity contribution in [1.82, 2.24) is 4.57 Å². The second kappa shape index (κ2) is 14.4. The number of furan rings is 1. The SMILES string of the molecule is c1ccc(-c2c3ccccc3c(-c3cccc4oc5ccc(-c6c7ccccc7c(-c7ccc(-n8c9ccccc9c9ccccc98)cc7)c7ccccc67)cc5c34)c3ccccc23)cc1. The molecule has 0 N–H and O–H groups in total. The average Bonchev–Trinajstić information content (AvgIpc) is 3.93. The van der Waals surface area contributed by atoms with Crippen LogP contribution < -0.4 is 0 Å². The number of hydrogen-bond donors (Lipinski definition) is 0. The minimum Gasteiger partial charge on any atom is -0.456 e. The van der Waals surface area contributed by atoms with Crippen LogP contribution in [0, 0.1) is 0 Å². The molecule has 0 spiro atoms. The monoisotopic (exact) mass is 837 g/mol. The molecule has 2 heterocycles. The van der Waals surface area contributed by atoms with E-state index in [1.165, 1.54) is 104 Å². The third kappa shape index (κ3) is 5.36. The minimum absolute atomic E-state index is 0.879. The Kier molecular flexibility index (Phi) is 8.02. The van der Waals surface area contributed by atoms with Gasteiger partial charge in [0.2, 0.25) is 0 Å². The van der Waals surface area contributed by atoms with Gasteiger partial charge in [-0.25, -0.2) is 0 Å². The van der Waals surface area contributed by atoms with E-state index in [0.29, 0.717) is 0 Å². The van der Waals surface area contributed by atoms with E-state index in [0.717, 1.165) is 33.2 Å². The predicted molar refractivity (Wildman–Crippen MR) is 280 cm³/mol. The van der Waals surface area contributed by atoms with E-state index in [4.69, 9.17) is 4.42 Å². The summed E-state index contributed by atoms with van der Waals surface area (Å²) in [5, 5.41) is 14.6. The highest BCUT2D eigenvalue weighted by Gasteiger charge is 2.22. The lowest BCUT2D eigenvalue weighted by Crippen LogP contribution is -1.94. The minimum atomic E-state index is 0.879. The Morgan fingerprint density at radius 3 is 1.18 bits per heavy atom. The predicted octanol–water partition coefficient (Wildman–Crippen LogP) is 18.0. The first kappa shape index (κ1) is 36.7. The first-order chi connectivity index (χ1) is 32.8. The van der Waals surface area contributed by atoms with Gasteiger partial charge in [-0.1, -0.05) is 194 Å². The smallest absolute Gasteiger partial charge is 0.136 e. The Bertz CT molecular complexity index is 4100. The molecule has 0 bridgehead atoms. The van der Waals surface area contributed by atoms with Gasteiger partial charge in [0.05, 0.1) is 11.0 Å². The maximum atomic E-state index is 6.76. The summed E-state index contributed by atoms with van der Waals surface area (Å²) in [5.41, 5.74) is 15.0. The molecule has 12 aromatic carbocycles. The summed E-state index contributed by atoms with van der Waals surface area (Å²) in [4.78, 5) is 0. The summed E-state index contributed by atoms with van der Waals surface area (Å²) in [6.45, 7) is 0. The molecule has 14 rings (SSSR count). The van der Waals surface area contributed by atoms with Crippen molar-refractivity contribution < 1.29 is 4.42 Å². The Morgan fingerprint density at radius 1 is 0.258 bits per heavy atom. The van der Waals surface area contributed by atoms with Gasteiger partial charge in [-0.15, -0.1) is 0 Å². The molecule has 0 unspecified atom stereocenters. The Labute approximate surface area is 380 Å². The van der Waals surface area contributed by atoms with Crippen LogP contribution in [0.15, 0.2) is 241 Å². The zero-order chi connectivity index (χ0) is 43.3. The zero-order valence-electron chi connectivity index (χ0n) is 35.9. The third-order valence-corrected chi connectivity index (χ3v) is 14.0. The van der Waals surface area contributed by atoms with Gasteiger partial charge in [0.15, 0.2) is 0 Å². The summed E-state index contributed by atoms with van der Waals surface area (Å²) >= 11 is 0. The summed E-state index contributed by atoms with van der Waals surface area (Å²) in [6, 6.07) is 86.4. The standard InChI is InChI=1S/C64H39NO/c1-2-17-40(18-3-1)60-50-25-8-10-27-52(50)63(53-28-11-9-26-51(53)60)54-29-16-32-59-64(54)55-39-42(35-38-58(55)66-59)62-48-23-6-4-21-46(48)61(47-22-5-7-24-49(47)62)41-33-36-43(37-34-41)65-56-30-14-12-19-44(56)45-20-13-15-31-57(45)65/h1-39H. The number of nitrogens with zero attached hydrogens (tertiary/aromatic N) is 1. The highest BCUT2D eigenvalue weighted by molar-refractivity contribution is 6.27. The van der Waals surface area contributed by atoms with Crippen molar-refractivity contribution in [2.75, 3.05) is 0 Å². The van der Waals surface area contributed by atoms with E-state index < -0.39 is 0 Å². The van der Waals surface area contributed by atoms with Crippen molar-refractivity contribution in [3.8, 4) is 50.2 Å². The average molecular weight is 838 g/mol. The lowest BCUT2D eigenvalue weighted by Gasteiger charge is -2.19. The number of hydrogen-bond acceptors (Lipinski definition) is 1. The molecule has 66 heavy (non-hydrogen) atoms. The summed E-state index contributed by atoms with van der Waals surface area (Å²) in [6.07, 6.45) is 0. The van der Waals surface area contributed by atoms with Gasteiger partial charge in [-0.05, 0) is 130 Å². The van der Waals surface area contributed by atoms with E-state index in [1.807, 2.05) is 0 Å². The largest absolute Gasteiger partial charge is 0.456 e. The highest BCUT2D eigenvalue weighted by atomic mass is 16.3. The maximum Gasteiger partial charge on any atom is 0.136 e. The molecule has 2 aromatic heterocycles. The number of benzene rings is 12. The molecule has 0 aliphatic carbocycles. The van der Waals surface area contributed by atoms with Crippen molar-refractivity contribution >= 4 is 86.8 Å². The molecule has 306 valence electrons. The van der Waals surface area contributed by atoms with E-state index in [9.17, 15) is 0 Å². The van der Waals surface area contributed by atoms with Gasteiger partial charge in [-0.3, -0.25) is 0 Å². The van der Waals surface area contributed by atoms with Crippen LogP contribution in [-0.2, 0) is 0 Å². The van der Waals surface area contributed by atoms with E-state index in [-0.39, 0.29) is 0 Å². The quantitative estimate of drug-likeness (QED) is 0.158. The summed E-state index contributed by atoms with van der Waals surface area (Å²) < 4.78 is 9.15. The van der Waals surface area contributed by atoms with E-state index >= 15 is 0 Å². The van der Waals surface area contributed by atoms with Gasteiger partial charge in [0.1, 0.15) is 11.2 Å². The molecule has 0 saturated carbocycles. The second-order valence-corrected chi connectivity index (χ2v) is 17.5.